The smallest absolute Gasteiger partial charge is 0.226 e. The molecule has 0 saturated carbocycles. The van der Waals surface area contributed by atoms with Crippen molar-refractivity contribution in [1.82, 2.24) is 15.1 Å². The molecule has 1 atom stereocenters. The molecule has 1 unspecified atom stereocenters. The number of pyridine rings is 1. The van der Waals surface area contributed by atoms with Crippen LogP contribution in [0.15, 0.2) is 29.0 Å². The Kier molecular flexibility index (Phi) is 2.73. The molecule has 0 aliphatic carbocycles. The summed E-state index contributed by atoms with van der Waals surface area (Å²) in [6, 6.07) is 3.35. The first-order valence-corrected chi connectivity index (χ1v) is 4.79. The van der Waals surface area contributed by atoms with E-state index in [2.05, 4.69) is 15.1 Å². The number of aromatic nitrogens is 3. The van der Waals surface area contributed by atoms with Crippen LogP contribution in [0, 0.1) is 0 Å². The van der Waals surface area contributed by atoms with Crippen molar-refractivity contribution in [3.8, 4) is 0 Å². The Hall–Kier alpha value is -1.75. The highest BCUT2D eigenvalue weighted by molar-refractivity contribution is 5.19. The fourth-order valence-electron chi connectivity index (χ4n) is 1.25. The summed E-state index contributed by atoms with van der Waals surface area (Å²) in [5, 5.41) is 3.82. The van der Waals surface area contributed by atoms with Gasteiger partial charge in [-0.3, -0.25) is 4.98 Å². The number of hydrogen-bond donors (Lipinski definition) is 1. The van der Waals surface area contributed by atoms with Crippen molar-refractivity contribution >= 4 is 0 Å². The van der Waals surface area contributed by atoms with Crippen molar-refractivity contribution in [2.24, 2.45) is 5.73 Å². The minimum atomic E-state index is -0.372. The van der Waals surface area contributed by atoms with Crippen molar-refractivity contribution < 1.29 is 4.52 Å². The molecule has 2 N–H and O–H groups in total. The molecular weight excluding hydrogens is 192 g/mol. The van der Waals surface area contributed by atoms with E-state index < -0.39 is 0 Å². The largest absolute Gasteiger partial charge is 0.339 e. The number of nitrogens with two attached hydrogens (primary N) is 1. The topological polar surface area (TPSA) is 77.8 Å². The van der Waals surface area contributed by atoms with Crippen LogP contribution >= 0.6 is 0 Å². The summed E-state index contributed by atoms with van der Waals surface area (Å²) >= 11 is 0. The molecule has 0 spiro atoms. The Morgan fingerprint density at radius 2 is 2.40 bits per heavy atom. The van der Waals surface area contributed by atoms with Crippen LogP contribution in [-0.2, 0) is 6.42 Å². The summed E-state index contributed by atoms with van der Waals surface area (Å²) in [6.07, 6.45) is 4.11. The second-order valence-electron chi connectivity index (χ2n) is 3.16. The van der Waals surface area contributed by atoms with E-state index in [9.17, 15) is 0 Å². The van der Waals surface area contributed by atoms with Crippen LogP contribution in [0.1, 0.15) is 30.2 Å². The van der Waals surface area contributed by atoms with E-state index >= 15 is 0 Å². The lowest BCUT2D eigenvalue weighted by Gasteiger charge is -2.05. The second kappa shape index (κ2) is 4.18. The summed E-state index contributed by atoms with van der Waals surface area (Å²) < 4.78 is 4.99. The zero-order valence-electron chi connectivity index (χ0n) is 8.42. The molecule has 0 aliphatic rings. The third-order valence-corrected chi connectivity index (χ3v) is 2.11. The van der Waals surface area contributed by atoms with Gasteiger partial charge in [0.2, 0.25) is 5.89 Å². The minimum Gasteiger partial charge on any atom is -0.339 e. The van der Waals surface area contributed by atoms with Gasteiger partial charge in [-0.2, -0.15) is 4.98 Å². The van der Waals surface area contributed by atoms with E-state index in [-0.39, 0.29) is 6.04 Å². The van der Waals surface area contributed by atoms with Gasteiger partial charge in [0.05, 0.1) is 6.04 Å². The molecule has 2 heterocycles. The summed E-state index contributed by atoms with van der Waals surface area (Å²) in [4.78, 5) is 8.17. The van der Waals surface area contributed by atoms with Gasteiger partial charge < -0.3 is 10.3 Å². The molecule has 15 heavy (non-hydrogen) atoms. The van der Waals surface area contributed by atoms with Crippen molar-refractivity contribution in [1.29, 1.82) is 0 Å². The molecular formula is C10H12N4O. The highest BCUT2D eigenvalue weighted by Gasteiger charge is 2.15. The van der Waals surface area contributed by atoms with Gasteiger partial charge in [0.1, 0.15) is 0 Å². The van der Waals surface area contributed by atoms with Gasteiger partial charge >= 0.3 is 0 Å². The molecule has 2 aromatic heterocycles. The molecule has 0 aromatic carbocycles. The van der Waals surface area contributed by atoms with E-state index in [1.165, 1.54) is 0 Å². The normalized spacial score (nSPS) is 12.7. The molecule has 0 radical (unpaired) electrons. The molecule has 0 bridgehead atoms. The average molecular weight is 204 g/mol. The molecule has 0 saturated heterocycles. The van der Waals surface area contributed by atoms with Gasteiger partial charge in [-0.25, -0.2) is 0 Å². The van der Waals surface area contributed by atoms with E-state index in [0.29, 0.717) is 18.1 Å². The fraction of sp³-hybridized carbons (Fsp3) is 0.300. The van der Waals surface area contributed by atoms with Crippen molar-refractivity contribution in [2.45, 2.75) is 19.4 Å². The number of aryl methyl sites for hydroxylation is 1. The van der Waals surface area contributed by atoms with Crippen LogP contribution in [0.2, 0.25) is 0 Å². The third kappa shape index (κ3) is 2.02. The minimum absolute atomic E-state index is 0.372. The van der Waals surface area contributed by atoms with Gasteiger partial charge in [-0.05, 0) is 11.6 Å². The van der Waals surface area contributed by atoms with E-state index in [1.54, 1.807) is 12.4 Å². The summed E-state index contributed by atoms with van der Waals surface area (Å²) in [5.41, 5.74) is 6.84. The van der Waals surface area contributed by atoms with Crippen molar-refractivity contribution in [2.75, 3.05) is 0 Å². The van der Waals surface area contributed by atoms with Crippen molar-refractivity contribution in [3.63, 3.8) is 0 Å². The first-order valence-electron chi connectivity index (χ1n) is 4.79. The molecule has 2 rings (SSSR count). The Balaban J connectivity index is 2.24. The molecule has 0 fully saturated rings. The predicted octanol–water partition coefficient (Wildman–Crippen LogP) is 1.08. The maximum absolute atomic E-state index is 5.96. The average Bonchev–Trinajstić information content (AvgIpc) is 2.78. The highest BCUT2D eigenvalue weighted by Crippen LogP contribution is 2.15. The van der Waals surface area contributed by atoms with Gasteiger partial charge in [0.15, 0.2) is 5.82 Å². The van der Waals surface area contributed by atoms with Crippen LogP contribution in [0.3, 0.4) is 0 Å². The van der Waals surface area contributed by atoms with Crippen LogP contribution in [0.4, 0.5) is 0 Å². The molecule has 2 aromatic rings. The quantitative estimate of drug-likeness (QED) is 0.809. The van der Waals surface area contributed by atoms with Crippen LogP contribution in [0.25, 0.3) is 0 Å². The third-order valence-electron chi connectivity index (χ3n) is 2.11. The Labute approximate surface area is 87.3 Å². The first-order chi connectivity index (χ1) is 7.31. The van der Waals surface area contributed by atoms with Gasteiger partial charge in [-0.1, -0.05) is 18.1 Å². The van der Waals surface area contributed by atoms with E-state index in [1.807, 2.05) is 19.1 Å². The summed E-state index contributed by atoms with van der Waals surface area (Å²) in [6.45, 7) is 1.95. The van der Waals surface area contributed by atoms with Crippen molar-refractivity contribution in [3.05, 3.63) is 41.8 Å². The number of hydrogen-bond acceptors (Lipinski definition) is 5. The first kappa shape index (κ1) is 9.79. The summed E-state index contributed by atoms with van der Waals surface area (Å²) in [7, 11) is 0. The summed E-state index contributed by atoms with van der Waals surface area (Å²) in [5.74, 6) is 1.10. The predicted molar refractivity (Wildman–Crippen MR) is 53.9 cm³/mol. The van der Waals surface area contributed by atoms with Gasteiger partial charge in [-0.15, -0.1) is 0 Å². The Morgan fingerprint density at radius 1 is 1.53 bits per heavy atom. The zero-order valence-corrected chi connectivity index (χ0v) is 8.42. The molecule has 5 nitrogen and oxygen atoms in total. The van der Waals surface area contributed by atoms with Gasteiger partial charge in [0.25, 0.3) is 0 Å². The maximum Gasteiger partial charge on any atom is 0.226 e. The number of rotatable bonds is 3. The lowest BCUT2D eigenvalue weighted by atomic mass is 10.1. The lowest BCUT2D eigenvalue weighted by molar-refractivity contribution is 0.375. The van der Waals surface area contributed by atoms with Crippen LogP contribution in [-0.4, -0.2) is 15.1 Å². The SMILES string of the molecule is CCc1nc(C(N)c2cccnc2)no1. The molecule has 5 heteroatoms. The maximum atomic E-state index is 5.96. The van der Waals surface area contributed by atoms with Crippen LogP contribution in [0.5, 0.6) is 0 Å². The number of nitrogens with zero attached hydrogens (tertiary/aromatic N) is 3. The standard InChI is InChI=1S/C10H12N4O/c1-2-8-13-10(14-15-8)9(11)7-4-3-5-12-6-7/h3-6,9H,2,11H2,1H3. The zero-order chi connectivity index (χ0) is 10.7. The lowest BCUT2D eigenvalue weighted by Crippen LogP contribution is -2.13. The fourth-order valence-corrected chi connectivity index (χ4v) is 1.25. The monoisotopic (exact) mass is 204 g/mol. The molecule has 78 valence electrons. The Morgan fingerprint density at radius 3 is 3.00 bits per heavy atom. The second-order valence-corrected chi connectivity index (χ2v) is 3.16. The van der Waals surface area contributed by atoms with Gasteiger partial charge in [0, 0.05) is 18.8 Å². The van der Waals surface area contributed by atoms with Crippen LogP contribution < -0.4 is 5.73 Å². The van der Waals surface area contributed by atoms with E-state index in [0.717, 1.165) is 5.56 Å². The molecule has 0 aliphatic heterocycles. The molecule has 0 amide bonds. The Bertz CT molecular complexity index is 426. The highest BCUT2D eigenvalue weighted by atomic mass is 16.5. The van der Waals surface area contributed by atoms with E-state index in [4.69, 9.17) is 10.3 Å².